The van der Waals surface area contributed by atoms with Crippen LogP contribution in [0.25, 0.3) is 0 Å². The maximum absolute atomic E-state index is 5.99. The van der Waals surface area contributed by atoms with Crippen LogP contribution in [-0.4, -0.2) is 31.7 Å². The van der Waals surface area contributed by atoms with Gasteiger partial charge in [-0.2, -0.15) is 0 Å². The van der Waals surface area contributed by atoms with Crippen molar-refractivity contribution in [2.24, 2.45) is 4.99 Å². The Hall–Kier alpha value is -0.980. The van der Waals surface area contributed by atoms with Gasteiger partial charge in [0.05, 0.1) is 6.54 Å². The fourth-order valence-electron chi connectivity index (χ4n) is 1.83. The van der Waals surface area contributed by atoms with Crippen molar-refractivity contribution in [1.29, 1.82) is 0 Å². The maximum atomic E-state index is 5.99. The minimum Gasteiger partial charge on any atom is -0.489 e. The van der Waals surface area contributed by atoms with E-state index >= 15 is 0 Å². The highest BCUT2D eigenvalue weighted by molar-refractivity contribution is 14.0. The minimum atomic E-state index is 0. The smallest absolute Gasteiger partial charge is 0.191 e. The molecule has 5 heteroatoms. The van der Waals surface area contributed by atoms with Gasteiger partial charge < -0.3 is 15.4 Å². The maximum Gasteiger partial charge on any atom is 0.191 e. The van der Waals surface area contributed by atoms with Crippen molar-refractivity contribution in [3.63, 3.8) is 0 Å². The van der Waals surface area contributed by atoms with Crippen LogP contribution in [0.3, 0.4) is 0 Å². The van der Waals surface area contributed by atoms with Crippen molar-refractivity contribution in [3.05, 3.63) is 29.8 Å². The van der Waals surface area contributed by atoms with Crippen LogP contribution in [0, 0.1) is 6.92 Å². The number of halogens is 1. The summed E-state index contributed by atoms with van der Waals surface area (Å²) in [6.45, 7) is 10.7. The van der Waals surface area contributed by atoms with Crippen LogP contribution >= 0.6 is 24.0 Å². The average molecular weight is 405 g/mol. The molecule has 0 amide bonds. The van der Waals surface area contributed by atoms with Gasteiger partial charge in [0.2, 0.25) is 0 Å². The second kappa shape index (κ2) is 11.7. The Labute approximate surface area is 145 Å². The fraction of sp³-hybridized carbons (Fsp3) is 0.562. The molecule has 1 atom stereocenters. The predicted octanol–water partition coefficient (Wildman–Crippen LogP) is 3.35. The van der Waals surface area contributed by atoms with E-state index in [9.17, 15) is 0 Å². The fourth-order valence-corrected chi connectivity index (χ4v) is 1.83. The third-order valence-electron chi connectivity index (χ3n) is 2.89. The molecule has 2 N–H and O–H groups in total. The van der Waals surface area contributed by atoms with Crippen molar-refractivity contribution in [2.45, 2.75) is 40.2 Å². The van der Waals surface area contributed by atoms with Crippen LogP contribution in [0.5, 0.6) is 5.75 Å². The molecule has 0 saturated heterocycles. The van der Waals surface area contributed by atoms with Crippen LogP contribution in [0.2, 0.25) is 0 Å². The third-order valence-corrected chi connectivity index (χ3v) is 2.89. The molecule has 0 saturated carbocycles. The van der Waals surface area contributed by atoms with E-state index in [2.05, 4.69) is 55.5 Å². The molecule has 1 unspecified atom stereocenters. The molecule has 1 aromatic carbocycles. The van der Waals surface area contributed by atoms with Gasteiger partial charge in [0.1, 0.15) is 11.9 Å². The van der Waals surface area contributed by atoms with E-state index in [1.54, 1.807) is 0 Å². The first-order valence-electron chi connectivity index (χ1n) is 7.45. The number of ether oxygens (including phenoxy) is 1. The summed E-state index contributed by atoms with van der Waals surface area (Å²) in [6.07, 6.45) is 1.03. The highest BCUT2D eigenvalue weighted by Crippen LogP contribution is 2.15. The molecule has 4 nitrogen and oxygen atoms in total. The Kier molecular flexibility index (Phi) is 11.1. The van der Waals surface area contributed by atoms with Gasteiger partial charge in [0.15, 0.2) is 5.96 Å². The van der Waals surface area contributed by atoms with Crippen LogP contribution in [-0.2, 0) is 0 Å². The lowest BCUT2D eigenvalue weighted by atomic mass is 10.2. The molecule has 0 radical (unpaired) electrons. The van der Waals surface area contributed by atoms with Crippen LogP contribution in [0.4, 0.5) is 0 Å². The van der Waals surface area contributed by atoms with Crippen molar-refractivity contribution in [1.82, 2.24) is 10.6 Å². The Morgan fingerprint density at radius 3 is 2.38 bits per heavy atom. The first-order chi connectivity index (χ1) is 9.69. The van der Waals surface area contributed by atoms with E-state index in [1.165, 1.54) is 5.56 Å². The number of nitrogens with one attached hydrogen (secondary N) is 2. The molecular formula is C16H28IN3O. The summed E-state index contributed by atoms with van der Waals surface area (Å²) in [5.41, 5.74) is 1.21. The second-order valence-electron chi connectivity index (χ2n) is 4.71. The Balaban J connectivity index is 0.00000400. The van der Waals surface area contributed by atoms with E-state index < -0.39 is 0 Å². The Morgan fingerprint density at radius 1 is 1.19 bits per heavy atom. The number of benzene rings is 1. The SMILES string of the molecule is CCNC(=NCC(CC)Oc1cccc(C)c1)NCC.I. The lowest BCUT2D eigenvalue weighted by Gasteiger charge is -2.17. The molecule has 0 aliphatic carbocycles. The van der Waals surface area contributed by atoms with Gasteiger partial charge >= 0.3 is 0 Å². The molecular weight excluding hydrogens is 377 g/mol. The summed E-state index contributed by atoms with van der Waals surface area (Å²) >= 11 is 0. The lowest BCUT2D eigenvalue weighted by molar-refractivity contribution is 0.205. The number of rotatable bonds is 7. The van der Waals surface area contributed by atoms with Crippen LogP contribution in [0.15, 0.2) is 29.3 Å². The van der Waals surface area contributed by atoms with E-state index in [0.29, 0.717) is 6.54 Å². The predicted molar refractivity (Wildman–Crippen MR) is 101 cm³/mol. The number of nitrogens with zero attached hydrogens (tertiary/aromatic N) is 1. The van der Waals surface area contributed by atoms with Gasteiger partial charge in [-0.25, -0.2) is 4.99 Å². The number of hydrogen-bond donors (Lipinski definition) is 2. The highest BCUT2D eigenvalue weighted by atomic mass is 127. The molecule has 0 aliphatic rings. The van der Waals surface area contributed by atoms with Crippen LogP contribution < -0.4 is 15.4 Å². The van der Waals surface area contributed by atoms with Gasteiger partial charge in [0.25, 0.3) is 0 Å². The van der Waals surface area contributed by atoms with E-state index in [1.807, 2.05) is 12.1 Å². The lowest BCUT2D eigenvalue weighted by Crippen LogP contribution is -2.38. The Morgan fingerprint density at radius 2 is 1.86 bits per heavy atom. The summed E-state index contributed by atoms with van der Waals surface area (Å²) in [7, 11) is 0. The van der Waals surface area contributed by atoms with Crippen molar-refractivity contribution in [2.75, 3.05) is 19.6 Å². The van der Waals surface area contributed by atoms with Crippen molar-refractivity contribution in [3.8, 4) is 5.75 Å². The molecule has 0 aliphatic heterocycles. The quantitative estimate of drug-likeness (QED) is 0.416. The standard InChI is InChI=1S/C16H27N3O.HI/c1-5-14(12-19-16(17-6-2)18-7-3)20-15-10-8-9-13(4)11-15;/h8-11,14H,5-7,12H2,1-4H3,(H2,17,18,19);1H. The van der Waals surface area contributed by atoms with Gasteiger partial charge in [-0.1, -0.05) is 19.1 Å². The zero-order valence-corrected chi connectivity index (χ0v) is 15.8. The molecule has 1 aromatic rings. The molecule has 21 heavy (non-hydrogen) atoms. The summed E-state index contributed by atoms with van der Waals surface area (Å²) < 4.78 is 5.99. The molecule has 0 bridgehead atoms. The van der Waals surface area contributed by atoms with E-state index in [-0.39, 0.29) is 30.1 Å². The normalized spacial score (nSPS) is 11.0. The molecule has 0 spiro atoms. The molecule has 120 valence electrons. The summed E-state index contributed by atoms with van der Waals surface area (Å²) in [4.78, 5) is 4.56. The monoisotopic (exact) mass is 405 g/mol. The van der Waals surface area contributed by atoms with Crippen molar-refractivity contribution >= 4 is 29.9 Å². The van der Waals surface area contributed by atoms with Crippen LogP contribution in [0.1, 0.15) is 32.8 Å². The summed E-state index contributed by atoms with van der Waals surface area (Å²) in [5.74, 6) is 1.77. The highest BCUT2D eigenvalue weighted by Gasteiger charge is 2.08. The molecule has 0 aromatic heterocycles. The van der Waals surface area contributed by atoms with Gasteiger partial charge in [0, 0.05) is 13.1 Å². The van der Waals surface area contributed by atoms with E-state index in [4.69, 9.17) is 4.74 Å². The summed E-state index contributed by atoms with van der Waals surface area (Å²) in [5, 5.41) is 6.44. The van der Waals surface area contributed by atoms with Gasteiger partial charge in [-0.15, -0.1) is 24.0 Å². The summed E-state index contributed by atoms with van der Waals surface area (Å²) in [6, 6.07) is 8.14. The largest absolute Gasteiger partial charge is 0.489 e. The first kappa shape index (κ1) is 20.0. The van der Waals surface area contributed by atoms with Gasteiger partial charge in [-0.05, 0) is 44.9 Å². The molecule has 1 rings (SSSR count). The van der Waals surface area contributed by atoms with Gasteiger partial charge in [-0.3, -0.25) is 0 Å². The Bertz CT molecular complexity index is 416. The molecule has 0 fully saturated rings. The number of aryl methyl sites for hydroxylation is 1. The first-order valence-corrected chi connectivity index (χ1v) is 7.45. The number of aliphatic imine (C=N–C) groups is 1. The second-order valence-corrected chi connectivity index (χ2v) is 4.71. The van der Waals surface area contributed by atoms with E-state index in [0.717, 1.165) is 31.2 Å². The topological polar surface area (TPSA) is 45.7 Å². The number of guanidine groups is 1. The zero-order valence-electron chi connectivity index (χ0n) is 13.5. The zero-order chi connectivity index (χ0) is 14.8. The average Bonchev–Trinajstić information content (AvgIpc) is 2.43. The van der Waals surface area contributed by atoms with Crippen molar-refractivity contribution < 1.29 is 4.74 Å². The molecule has 0 heterocycles. The third kappa shape index (κ3) is 8.14. The number of hydrogen-bond acceptors (Lipinski definition) is 2. The minimum absolute atomic E-state index is 0.